The SMILES string of the molecule is Cc1ccc(S(=O)(=O)NC(=O)S)cc1. The van der Waals surface area contributed by atoms with Crippen LogP contribution in [0.2, 0.25) is 0 Å². The molecule has 76 valence electrons. The average molecular weight is 231 g/mol. The first-order chi connectivity index (χ1) is 6.42. The zero-order valence-corrected chi connectivity index (χ0v) is 9.10. The highest BCUT2D eigenvalue weighted by Crippen LogP contribution is 2.09. The van der Waals surface area contributed by atoms with Crippen LogP contribution in [0.5, 0.6) is 0 Å². The summed E-state index contributed by atoms with van der Waals surface area (Å²) in [6.07, 6.45) is 0. The summed E-state index contributed by atoms with van der Waals surface area (Å²) >= 11 is 3.33. The molecule has 1 N–H and O–H groups in total. The molecular formula is C8H9NO3S2. The van der Waals surface area contributed by atoms with Crippen LogP contribution < -0.4 is 4.72 Å². The van der Waals surface area contributed by atoms with Gasteiger partial charge >= 0.3 is 0 Å². The lowest BCUT2D eigenvalue weighted by atomic mass is 10.2. The summed E-state index contributed by atoms with van der Waals surface area (Å²) in [5.41, 5.74) is 0.946. The van der Waals surface area contributed by atoms with Crippen molar-refractivity contribution in [2.24, 2.45) is 0 Å². The van der Waals surface area contributed by atoms with Gasteiger partial charge in [0.05, 0.1) is 4.90 Å². The van der Waals surface area contributed by atoms with E-state index in [1.807, 2.05) is 6.92 Å². The molecule has 0 heterocycles. The van der Waals surface area contributed by atoms with Crippen molar-refractivity contribution in [2.45, 2.75) is 11.8 Å². The highest BCUT2D eigenvalue weighted by atomic mass is 32.2. The molecule has 0 saturated carbocycles. The van der Waals surface area contributed by atoms with Crippen LogP contribution in [0.4, 0.5) is 4.79 Å². The average Bonchev–Trinajstić information content (AvgIpc) is 2.02. The molecule has 0 aromatic heterocycles. The van der Waals surface area contributed by atoms with E-state index in [1.54, 1.807) is 16.9 Å². The van der Waals surface area contributed by atoms with Crippen molar-refractivity contribution < 1.29 is 13.2 Å². The number of carbonyl (C=O) groups is 1. The molecule has 0 aliphatic heterocycles. The molecule has 1 aromatic carbocycles. The Bertz CT molecular complexity index is 436. The van der Waals surface area contributed by atoms with Crippen LogP contribution in [0, 0.1) is 6.92 Å². The molecule has 0 spiro atoms. The molecule has 6 heteroatoms. The Morgan fingerprint density at radius 3 is 2.21 bits per heavy atom. The van der Waals surface area contributed by atoms with Crippen molar-refractivity contribution in [3.05, 3.63) is 29.8 Å². The Hall–Kier alpha value is -1.01. The molecule has 0 aliphatic carbocycles. The number of amides is 1. The van der Waals surface area contributed by atoms with Crippen LogP contribution >= 0.6 is 12.6 Å². The molecule has 1 amide bonds. The maximum atomic E-state index is 11.4. The fourth-order valence-corrected chi connectivity index (χ4v) is 2.09. The van der Waals surface area contributed by atoms with Crippen LogP contribution in [-0.4, -0.2) is 13.7 Å². The van der Waals surface area contributed by atoms with Gasteiger partial charge in [-0.3, -0.25) is 4.79 Å². The summed E-state index contributed by atoms with van der Waals surface area (Å²) in [6, 6.07) is 6.15. The monoisotopic (exact) mass is 231 g/mol. The minimum absolute atomic E-state index is 0.0468. The Morgan fingerprint density at radius 2 is 1.79 bits per heavy atom. The fraction of sp³-hybridized carbons (Fsp3) is 0.125. The van der Waals surface area contributed by atoms with Crippen LogP contribution in [0.25, 0.3) is 0 Å². The fourth-order valence-electron chi connectivity index (χ4n) is 0.891. The maximum Gasteiger partial charge on any atom is 0.289 e. The van der Waals surface area contributed by atoms with Gasteiger partial charge in [0, 0.05) is 0 Å². The van der Waals surface area contributed by atoms with E-state index in [2.05, 4.69) is 12.6 Å². The van der Waals surface area contributed by atoms with Crippen LogP contribution in [0.1, 0.15) is 5.56 Å². The van der Waals surface area contributed by atoms with E-state index in [1.165, 1.54) is 12.1 Å². The van der Waals surface area contributed by atoms with Gasteiger partial charge in [-0.1, -0.05) is 30.3 Å². The molecule has 0 aliphatic rings. The zero-order chi connectivity index (χ0) is 10.8. The lowest BCUT2D eigenvalue weighted by Gasteiger charge is -2.03. The zero-order valence-electron chi connectivity index (χ0n) is 7.39. The first-order valence-corrected chi connectivity index (χ1v) is 5.67. The minimum Gasteiger partial charge on any atom is -0.261 e. The normalized spacial score (nSPS) is 11.0. The predicted octanol–water partition coefficient (Wildman–Crippen LogP) is 1.32. The smallest absolute Gasteiger partial charge is 0.261 e. The van der Waals surface area contributed by atoms with E-state index in [0.29, 0.717) is 0 Å². The van der Waals surface area contributed by atoms with Gasteiger partial charge in [0.1, 0.15) is 0 Å². The third kappa shape index (κ3) is 2.74. The topological polar surface area (TPSA) is 63.2 Å². The number of thiol groups is 1. The summed E-state index contributed by atoms with van der Waals surface area (Å²) in [5, 5.41) is -0.898. The lowest BCUT2D eigenvalue weighted by Crippen LogP contribution is -2.25. The van der Waals surface area contributed by atoms with E-state index in [0.717, 1.165) is 5.56 Å². The van der Waals surface area contributed by atoms with Crippen molar-refractivity contribution in [2.75, 3.05) is 0 Å². The summed E-state index contributed by atoms with van der Waals surface area (Å²) < 4.78 is 24.5. The first kappa shape index (κ1) is 11.1. The number of hydrogen-bond donors (Lipinski definition) is 2. The van der Waals surface area contributed by atoms with Crippen molar-refractivity contribution in [1.82, 2.24) is 4.72 Å². The van der Waals surface area contributed by atoms with Gasteiger partial charge in [0.2, 0.25) is 0 Å². The Kier molecular flexibility index (Phi) is 3.17. The summed E-state index contributed by atoms with van der Waals surface area (Å²) in [4.78, 5) is 10.5. The number of hydrogen-bond acceptors (Lipinski definition) is 3. The maximum absolute atomic E-state index is 11.4. The Balaban J connectivity index is 3.05. The summed E-state index contributed by atoms with van der Waals surface area (Å²) in [7, 11) is -3.75. The van der Waals surface area contributed by atoms with Crippen LogP contribution in [0.3, 0.4) is 0 Å². The molecule has 4 nitrogen and oxygen atoms in total. The molecule has 14 heavy (non-hydrogen) atoms. The van der Waals surface area contributed by atoms with E-state index >= 15 is 0 Å². The van der Waals surface area contributed by atoms with E-state index in [4.69, 9.17) is 0 Å². The molecular weight excluding hydrogens is 222 g/mol. The van der Waals surface area contributed by atoms with Crippen molar-refractivity contribution in [1.29, 1.82) is 0 Å². The molecule has 1 aromatic rings. The third-order valence-corrected chi connectivity index (χ3v) is 3.16. The second-order valence-electron chi connectivity index (χ2n) is 2.72. The Labute approximate surface area is 87.8 Å². The first-order valence-electron chi connectivity index (χ1n) is 3.74. The van der Waals surface area contributed by atoms with Gasteiger partial charge in [-0.2, -0.15) is 0 Å². The van der Waals surface area contributed by atoms with Crippen molar-refractivity contribution in [3.8, 4) is 0 Å². The van der Waals surface area contributed by atoms with Crippen molar-refractivity contribution >= 4 is 27.9 Å². The van der Waals surface area contributed by atoms with Gasteiger partial charge in [0.15, 0.2) is 0 Å². The number of benzene rings is 1. The summed E-state index contributed by atoms with van der Waals surface area (Å²) in [6.45, 7) is 1.84. The van der Waals surface area contributed by atoms with Gasteiger partial charge in [-0.05, 0) is 19.1 Å². The van der Waals surface area contributed by atoms with Crippen molar-refractivity contribution in [3.63, 3.8) is 0 Å². The third-order valence-electron chi connectivity index (χ3n) is 1.55. The molecule has 0 radical (unpaired) electrons. The molecule has 1 rings (SSSR count). The summed E-state index contributed by atoms with van der Waals surface area (Å²) in [5.74, 6) is 0. The second kappa shape index (κ2) is 4.02. The molecule has 0 unspecified atom stereocenters. The van der Waals surface area contributed by atoms with Gasteiger partial charge in [-0.15, -0.1) is 0 Å². The minimum atomic E-state index is -3.75. The molecule has 0 atom stereocenters. The molecule has 0 saturated heterocycles. The standard InChI is InChI=1S/C8H9NO3S2/c1-6-2-4-7(5-3-6)14(11,12)9-8(10)13/h2-5H,1H3,(H2,9,10,13). The number of sulfonamides is 1. The molecule has 0 bridgehead atoms. The highest BCUT2D eigenvalue weighted by Gasteiger charge is 2.14. The van der Waals surface area contributed by atoms with E-state index < -0.39 is 15.3 Å². The lowest BCUT2D eigenvalue weighted by molar-refractivity contribution is 0.265. The van der Waals surface area contributed by atoms with E-state index in [9.17, 15) is 13.2 Å². The Morgan fingerprint density at radius 1 is 1.29 bits per heavy atom. The van der Waals surface area contributed by atoms with Gasteiger partial charge in [-0.25, -0.2) is 13.1 Å². The quantitative estimate of drug-likeness (QED) is 0.755. The van der Waals surface area contributed by atoms with Gasteiger partial charge < -0.3 is 0 Å². The number of nitrogens with one attached hydrogen (secondary N) is 1. The van der Waals surface area contributed by atoms with Gasteiger partial charge in [0.25, 0.3) is 15.3 Å². The number of carbonyl (C=O) groups excluding carboxylic acids is 1. The van der Waals surface area contributed by atoms with Crippen LogP contribution in [0.15, 0.2) is 29.2 Å². The second-order valence-corrected chi connectivity index (χ2v) is 4.81. The largest absolute Gasteiger partial charge is 0.289 e. The molecule has 0 fully saturated rings. The van der Waals surface area contributed by atoms with Crippen LogP contribution in [-0.2, 0) is 10.0 Å². The highest BCUT2D eigenvalue weighted by molar-refractivity contribution is 7.99. The van der Waals surface area contributed by atoms with E-state index in [-0.39, 0.29) is 4.90 Å². The number of rotatable bonds is 2. The predicted molar refractivity (Wildman–Crippen MR) is 55.9 cm³/mol. The number of aryl methyl sites for hydroxylation is 1.